The van der Waals surface area contributed by atoms with Gasteiger partial charge in [-0.2, -0.15) is 10.1 Å². The fraction of sp³-hybridized carbons (Fsp3) is 0.607. The summed E-state index contributed by atoms with van der Waals surface area (Å²) in [5, 5.41) is 5.26. The molecule has 0 atom stereocenters. The lowest BCUT2D eigenvalue weighted by molar-refractivity contribution is 0.0322. The van der Waals surface area contributed by atoms with Gasteiger partial charge in [0.05, 0.1) is 49.7 Å². The van der Waals surface area contributed by atoms with Crippen LogP contribution in [0.4, 0.5) is 5.82 Å². The lowest BCUT2D eigenvalue weighted by atomic mass is 9.84. The maximum atomic E-state index is 6.64. The molecule has 2 saturated heterocycles. The summed E-state index contributed by atoms with van der Waals surface area (Å²) < 4.78 is 25.6. The Morgan fingerprint density at radius 3 is 2.45 bits per heavy atom. The van der Waals surface area contributed by atoms with Gasteiger partial charge in [-0.3, -0.25) is 14.6 Å². The van der Waals surface area contributed by atoms with Crippen LogP contribution in [0.1, 0.15) is 37.2 Å². The number of rotatable bonds is 8. The normalized spacial score (nSPS) is 23.0. The van der Waals surface area contributed by atoms with E-state index >= 15 is 0 Å². The largest absolute Gasteiger partial charge is 0.491 e. The molecule has 2 aliphatic heterocycles. The fourth-order valence-electron chi connectivity index (χ4n) is 5.62. The number of morpholine rings is 2. The molecule has 3 aromatic heterocycles. The molecular formula is C28H38N6O4. The van der Waals surface area contributed by atoms with E-state index in [0.717, 1.165) is 94.1 Å². The Morgan fingerprint density at radius 2 is 1.71 bits per heavy atom. The minimum Gasteiger partial charge on any atom is -0.491 e. The molecule has 1 aliphatic carbocycles. The number of ether oxygens (including phenoxy) is 4. The van der Waals surface area contributed by atoms with Crippen LogP contribution in [0.15, 0.2) is 30.7 Å². The molecule has 0 spiro atoms. The molecule has 0 radical (unpaired) electrons. The Kier molecular flexibility index (Phi) is 7.89. The highest BCUT2D eigenvalue weighted by Gasteiger charge is 2.26. The number of aryl methyl sites for hydroxylation is 1. The van der Waals surface area contributed by atoms with Crippen LogP contribution in [0.5, 0.6) is 11.6 Å². The predicted octanol–water partition coefficient (Wildman–Crippen LogP) is 3.02. The lowest BCUT2D eigenvalue weighted by Gasteiger charge is -2.30. The zero-order valence-electron chi connectivity index (χ0n) is 22.3. The van der Waals surface area contributed by atoms with Crippen LogP contribution in [0.2, 0.25) is 0 Å². The molecule has 3 fully saturated rings. The first kappa shape index (κ1) is 25.3. The van der Waals surface area contributed by atoms with E-state index in [1.807, 2.05) is 30.2 Å². The maximum absolute atomic E-state index is 6.64. The number of anilines is 1. The number of nitrogens with zero attached hydrogens (tertiary/aromatic N) is 6. The van der Waals surface area contributed by atoms with E-state index in [2.05, 4.69) is 27.2 Å². The monoisotopic (exact) mass is 522 g/mol. The second-order valence-electron chi connectivity index (χ2n) is 10.5. The molecule has 3 aliphatic rings. The third kappa shape index (κ3) is 6.03. The summed E-state index contributed by atoms with van der Waals surface area (Å²) in [5.74, 6) is 2.84. The SMILES string of the molecule is Cn1cc(C2CCC(Oc3nc(N4CCOCC4)cc4ncc(OCCN5CCOCC5)cc34)CC2)cn1. The predicted molar refractivity (Wildman–Crippen MR) is 144 cm³/mol. The summed E-state index contributed by atoms with van der Waals surface area (Å²) in [6, 6.07) is 4.10. The molecule has 3 aromatic rings. The van der Waals surface area contributed by atoms with Crippen molar-refractivity contribution in [1.82, 2.24) is 24.6 Å². The van der Waals surface area contributed by atoms with E-state index in [4.69, 9.17) is 28.9 Å². The van der Waals surface area contributed by atoms with Crippen molar-refractivity contribution < 1.29 is 18.9 Å². The van der Waals surface area contributed by atoms with Gasteiger partial charge in [-0.05, 0) is 43.2 Å². The summed E-state index contributed by atoms with van der Waals surface area (Å²) in [6.45, 7) is 8.02. The first-order chi connectivity index (χ1) is 18.7. The van der Waals surface area contributed by atoms with E-state index in [0.29, 0.717) is 31.6 Å². The van der Waals surface area contributed by atoms with Crippen LogP contribution in [0.25, 0.3) is 10.9 Å². The number of pyridine rings is 2. The summed E-state index contributed by atoms with van der Waals surface area (Å²) in [4.78, 5) is 14.4. The van der Waals surface area contributed by atoms with Gasteiger partial charge in [0.1, 0.15) is 24.3 Å². The van der Waals surface area contributed by atoms with Crippen molar-refractivity contribution in [2.45, 2.75) is 37.7 Å². The van der Waals surface area contributed by atoms with Gasteiger partial charge in [0.2, 0.25) is 5.88 Å². The zero-order chi connectivity index (χ0) is 25.7. The Labute approximate surface area is 223 Å². The standard InChI is InChI=1S/C28H38N6O4/c1-32-20-22(18-30-32)21-2-4-23(5-3-21)38-28-25-16-24(37-15-8-33-6-11-35-12-7-33)19-29-26(25)17-27(31-28)34-9-13-36-14-10-34/h16-21,23H,2-15H2,1H3. The molecule has 0 aromatic carbocycles. The molecule has 6 rings (SSSR count). The second-order valence-corrected chi connectivity index (χ2v) is 10.5. The molecule has 5 heterocycles. The van der Waals surface area contributed by atoms with Gasteiger partial charge >= 0.3 is 0 Å². The van der Waals surface area contributed by atoms with Gasteiger partial charge in [-0.15, -0.1) is 0 Å². The van der Waals surface area contributed by atoms with Crippen LogP contribution in [0, 0.1) is 0 Å². The average Bonchev–Trinajstić information content (AvgIpc) is 3.41. The molecule has 0 bridgehead atoms. The number of hydrogen-bond donors (Lipinski definition) is 0. The van der Waals surface area contributed by atoms with Crippen molar-refractivity contribution in [2.24, 2.45) is 7.05 Å². The smallest absolute Gasteiger partial charge is 0.225 e. The van der Waals surface area contributed by atoms with Crippen molar-refractivity contribution in [1.29, 1.82) is 0 Å². The van der Waals surface area contributed by atoms with Gasteiger partial charge in [-0.25, -0.2) is 0 Å². The molecule has 10 nitrogen and oxygen atoms in total. The third-order valence-electron chi connectivity index (χ3n) is 7.87. The van der Waals surface area contributed by atoms with Crippen LogP contribution in [0.3, 0.4) is 0 Å². The fourth-order valence-corrected chi connectivity index (χ4v) is 5.62. The average molecular weight is 523 g/mol. The molecule has 0 unspecified atom stereocenters. The minimum atomic E-state index is 0.129. The molecule has 38 heavy (non-hydrogen) atoms. The Hall–Kier alpha value is -2.95. The summed E-state index contributed by atoms with van der Waals surface area (Å²) in [5.41, 5.74) is 2.20. The maximum Gasteiger partial charge on any atom is 0.225 e. The van der Waals surface area contributed by atoms with E-state index < -0.39 is 0 Å². The Morgan fingerprint density at radius 1 is 0.947 bits per heavy atom. The third-order valence-corrected chi connectivity index (χ3v) is 7.87. The Bertz CT molecular complexity index is 1200. The zero-order valence-corrected chi connectivity index (χ0v) is 22.3. The quantitative estimate of drug-likeness (QED) is 0.443. The van der Waals surface area contributed by atoms with E-state index in [1.165, 1.54) is 5.56 Å². The molecule has 204 valence electrons. The van der Waals surface area contributed by atoms with Crippen LogP contribution in [-0.4, -0.2) is 96.5 Å². The minimum absolute atomic E-state index is 0.129. The summed E-state index contributed by atoms with van der Waals surface area (Å²) >= 11 is 0. The highest BCUT2D eigenvalue weighted by atomic mass is 16.5. The van der Waals surface area contributed by atoms with Gasteiger partial charge < -0.3 is 23.8 Å². The van der Waals surface area contributed by atoms with E-state index in [9.17, 15) is 0 Å². The van der Waals surface area contributed by atoms with Crippen LogP contribution >= 0.6 is 0 Å². The van der Waals surface area contributed by atoms with Crippen LogP contribution < -0.4 is 14.4 Å². The first-order valence-corrected chi connectivity index (χ1v) is 13.9. The highest BCUT2D eigenvalue weighted by Crippen LogP contribution is 2.36. The van der Waals surface area contributed by atoms with Gasteiger partial charge in [0, 0.05) is 52.0 Å². The topological polar surface area (TPSA) is 87.0 Å². The first-order valence-electron chi connectivity index (χ1n) is 13.9. The van der Waals surface area contributed by atoms with Crippen molar-refractivity contribution in [3.63, 3.8) is 0 Å². The van der Waals surface area contributed by atoms with E-state index in [-0.39, 0.29) is 6.10 Å². The van der Waals surface area contributed by atoms with Gasteiger partial charge in [-0.1, -0.05) is 0 Å². The second kappa shape index (κ2) is 11.8. The number of hydrogen-bond acceptors (Lipinski definition) is 9. The van der Waals surface area contributed by atoms with Crippen molar-refractivity contribution >= 4 is 16.7 Å². The van der Waals surface area contributed by atoms with Crippen molar-refractivity contribution in [3.8, 4) is 11.6 Å². The molecule has 1 saturated carbocycles. The molecular weight excluding hydrogens is 484 g/mol. The summed E-state index contributed by atoms with van der Waals surface area (Å²) in [6.07, 6.45) is 10.2. The molecule has 10 heteroatoms. The highest BCUT2D eigenvalue weighted by molar-refractivity contribution is 5.87. The summed E-state index contributed by atoms with van der Waals surface area (Å²) in [7, 11) is 1.98. The lowest BCUT2D eigenvalue weighted by Crippen LogP contribution is -2.38. The van der Waals surface area contributed by atoms with Gasteiger partial charge in [0.25, 0.3) is 0 Å². The van der Waals surface area contributed by atoms with Crippen LogP contribution in [-0.2, 0) is 16.5 Å². The van der Waals surface area contributed by atoms with Gasteiger partial charge in [0.15, 0.2) is 0 Å². The van der Waals surface area contributed by atoms with Crippen molar-refractivity contribution in [3.05, 3.63) is 36.3 Å². The van der Waals surface area contributed by atoms with E-state index in [1.54, 1.807) is 0 Å². The number of aromatic nitrogens is 4. The molecule has 0 amide bonds. The number of fused-ring (bicyclic) bond motifs is 1. The van der Waals surface area contributed by atoms with Crippen molar-refractivity contribution in [2.75, 3.05) is 70.7 Å². The molecule has 0 N–H and O–H groups in total. The Balaban J connectivity index is 1.18.